The molecular formula is C12H18N3O+. The predicted octanol–water partition coefficient (Wildman–Crippen LogP) is 1.46. The average Bonchev–Trinajstić information content (AvgIpc) is 2.16. The molecule has 4 nitrogen and oxygen atoms in total. The van der Waals surface area contributed by atoms with Crippen LogP contribution in [0.25, 0.3) is 0 Å². The topological polar surface area (TPSA) is 41.5 Å². The van der Waals surface area contributed by atoms with Gasteiger partial charge in [0.25, 0.3) is 5.91 Å². The van der Waals surface area contributed by atoms with Crippen LogP contribution < -0.4 is 5.32 Å². The van der Waals surface area contributed by atoms with Crippen molar-refractivity contribution in [3.05, 3.63) is 35.9 Å². The Balaban J connectivity index is 2.70. The Morgan fingerprint density at radius 2 is 1.75 bits per heavy atom. The molecular weight excluding hydrogens is 202 g/mol. The highest BCUT2D eigenvalue weighted by Gasteiger charge is 2.09. The molecule has 0 unspecified atom stereocenters. The Kier molecular flexibility index (Phi) is 3.79. The molecule has 1 amide bonds. The zero-order chi connectivity index (χ0) is 12.2. The van der Waals surface area contributed by atoms with Crippen LogP contribution in [-0.2, 0) is 0 Å². The number of hydrogen-bond donors (Lipinski definition) is 1. The molecule has 1 aromatic rings. The average molecular weight is 220 g/mol. The molecule has 86 valence electrons. The first kappa shape index (κ1) is 12.4. The minimum atomic E-state index is -0.129. The second-order valence-electron chi connectivity index (χ2n) is 4.45. The number of nitrogens with one attached hydrogen (secondary N) is 1. The van der Waals surface area contributed by atoms with Gasteiger partial charge in [-0.3, -0.25) is 4.79 Å². The maximum atomic E-state index is 11.7. The molecule has 0 saturated heterocycles. The van der Waals surface area contributed by atoms with Crippen molar-refractivity contribution in [2.45, 2.75) is 6.92 Å². The molecule has 1 aromatic carbocycles. The minimum Gasteiger partial charge on any atom is -0.306 e. The number of carbonyl (C=O) groups excluding carboxylic acids is 1. The van der Waals surface area contributed by atoms with Crippen molar-refractivity contribution in [3.8, 4) is 0 Å². The number of rotatable bonds is 2. The van der Waals surface area contributed by atoms with Gasteiger partial charge < -0.3 is 5.32 Å². The lowest BCUT2D eigenvalue weighted by Crippen LogP contribution is -2.35. The largest absolute Gasteiger partial charge is 0.306 e. The van der Waals surface area contributed by atoms with Gasteiger partial charge in [0.15, 0.2) is 5.84 Å². The lowest BCUT2D eigenvalue weighted by molar-refractivity contribution is -0.877. The maximum Gasteiger partial charge on any atom is 0.256 e. The van der Waals surface area contributed by atoms with Crippen LogP contribution in [0, 0.1) is 0 Å². The summed E-state index contributed by atoms with van der Waals surface area (Å²) >= 11 is 0. The van der Waals surface area contributed by atoms with E-state index < -0.39 is 0 Å². The number of nitrogens with zero attached hydrogens (tertiary/aromatic N) is 2. The Hall–Kier alpha value is -1.68. The van der Waals surface area contributed by atoms with E-state index in [0.29, 0.717) is 16.0 Å². The van der Waals surface area contributed by atoms with E-state index in [0.717, 1.165) is 0 Å². The van der Waals surface area contributed by atoms with E-state index in [4.69, 9.17) is 0 Å². The predicted molar refractivity (Wildman–Crippen MR) is 65.0 cm³/mol. The van der Waals surface area contributed by atoms with E-state index in [-0.39, 0.29) is 5.91 Å². The van der Waals surface area contributed by atoms with Gasteiger partial charge in [0.05, 0.1) is 21.1 Å². The van der Waals surface area contributed by atoms with Crippen molar-refractivity contribution in [2.24, 2.45) is 5.10 Å². The summed E-state index contributed by atoms with van der Waals surface area (Å²) in [7, 11) is 5.79. The second-order valence-corrected chi connectivity index (χ2v) is 4.45. The number of hydrogen-bond acceptors (Lipinski definition) is 2. The Labute approximate surface area is 96.2 Å². The number of quaternary nitrogens is 1. The molecule has 0 atom stereocenters. The zero-order valence-corrected chi connectivity index (χ0v) is 10.2. The normalized spacial score (nSPS) is 12.4. The van der Waals surface area contributed by atoms with Crippen molar-refractivity contribution in [1.82, 2.24) is 5.32 Å². The van der Waals surface area contributed by atoms with Crippen LogP contribution in [0.5, 0.6) is 0 Å². The van der Waals surface area contributed by atoms with E-state index in [2.05, 4.69) is 10.4 Å². The molecule has 0 aromatic heterocycles. The fourth-order valence-corrected chi connectivity index (χ4v) is 1.30. The van der Waals surface area contributed by atoms with Crippen molar-refractivity contribution in [1.29, 1.82) is 0 Å². The van der Waals surface area contributed by atoms with Crippen molar-refractivity contribution < 1.29 is 9.39 Å². The molecule has 0 aliphatic rings. The van der Waals surface area contributed by atoms with E-state index in [1.165, 1.54) is 0 Å². The van der Waals surface area contributed by atoms with Crippen LogP contribution >= 0.6 is 0 Å². The summed E-state index contributed by atoms with van der Waals surface area (Å²) in [6.07, 6.45) is 0. The summed E-state index contributed by atoms with van der Waals surface area (Å²) in [5.74, 6) is 0.483. The monoisotopic (exact) mass is 220 g/mol. The lowest BCUT2D eigenvalue weighted by Gasteiger charge is -2.16. The van der Waals surface area contributed by atoms with Gasteiger partial charge in [0, 0.05) is 5.56 Å². The highest BCUT2D eigenvalue weighted by molar-refractivity contribution is 6.05. The van der Waals surface area contributed by atoms with Crippen molar-refractivity contribution in [2.75, 3.05) is 21.1 Å². The van der Waals surface area contributed by atoms with Gasteiger partial charge in [-0.25, -0.2) is 4.59 Å². The summed E-state index contributed by atoms with van der Waals surface area (Å²) in [4.78, 5) is 11.7. The van der Waals surface area contributed by atoms with Crippen LogP contribution in [0.4, 0.5) is 0 Å². The highest BCUT2D eigenvalue weighted by atomic mass is 16.1. The Morgan fingerprint density at radius 1 is 1.19 bits per heavy atom. The lowest BCUT2D eigenvalue weighted by atomic mass is 10.2. The van der Waals surface area contributed by atoms with Gasteiger partial charge in [-0.15, -0.1) is 0 Å². The first-order valence-corrected chi connectivity index (χ1v) is 5.13. The van der Waals surface area contributed by atoms with Crippen LogP contribution in [0.3, 0.4) is 0 Å². The van der Waals surface area contributed by atoms with E-state index in [1.807, 2.05) is 39.3 Å². The SMILES string of the molecule is C/C(=N\[N+](C)(C)C)NC(=O)c1ccccc1. The van der Waals surface area contributed by atoms with Gasteiger partial charge in [0.2, 0.25) is 0 Å². The molecule has 1 N–H and O–H groups in total. The molecule has 16 heavy (non-hydrogen) atoms. The molecule has 1 rings (SSSR count). The second kappa shape index (κ2) is 4.90. The third-order valence-electron chi connectivity index (χ3n) is 1.78. The van der Waals surface area contributed by atoms with Crippen LogP contribution in [0.15, 0.2) is 35.4 Å². The third kappa shape index (κ3) is 4.23. The van der Waals surface area contributed by atoms with Crippen LogP contribution in [0.1, 0.15) is 17.3 Å². The maximum absolute atomic E-state index is 11.7. The molecule has 0 aliphatic heterocycles. The van der Waals surface area contributed by atoms with Gasteiger partial charge in [0.1, 0.15) is 0 Å². The Morgan fingerprint density at radius 3 is 2.25 bits per heavy atom. The summed E-state index contributed by atoms with van der Waals surface area (Å²) in [5.41, 5.74) is 0.637. The molecule has 0 bridgehead atoms. The fraction of sp³-hybridized carbons (Fsp3) is 0.333. The smallest absolute Gasteiger partial charge is 0.256 e. The third-order valence-corrected chi connectivity index (χ3v) is 1.78. The van der Waals surface area contributed by atoms with Gasteiger partial charge >= 0.3 is 0 Å². The summed E-state index contributed by atoms with van der Waals surface area (Å²) in [6, 6.07) is 9.09. The summed E-state index contributed by atoms with van der Waals surface area (Å²) in [6.45, 7) is 1.78. The van der Waals surface area contributed by atoms with E-state index >= 15 is 0 Å². The van der Waals surface area contributed by atoms with Crippen LogP contribution in [0.2, 0.25) is 0 Å². The fourth-order valence-electron chi connectivity index (χ4n) is 1.30. The number of carbonyl (C=O) groups is 1. The van der Waals surface area contributed by atoms with Gasteiger partial charge in [-0.2, -0.15) is 0 Å². The molecule has 0 heterocycles. The molecule has 4 heteroatoms. The molecule has 0 fully saturated rings. The molecule has 0 radical (unpaired) electrons. The first-order valence-electron chi connectivity index (χ1n) is 5.13. The summed E-state index contributed by atoms with van der Waals surface area (Å²) in [5, 5.41) is 7.05. The Bertz CT molecular complexity index is 390. The van der Waals surface area contributed by atoms with Crippen molar-refractivity contribution in [3.63, 3.8) is 0 Å². The quantitative estimate of drug-likeness (QED) is 0.348. The van der Waals surface area contributed by atoms with Crippen molar-refractivity contribution >= 4 is 11.7 Å². The highest BCUT2D eigenvalue weighted by Crippen LogP contribution is 1.98. The van der Waals surface area contributed by atoms with E-state index in [9.17, 15) is 4.79 Å². The van der Waals surface area contributed by atoms with E-state index in [1.54, 1.807) is 19.1 Å². The molecule has 0 spiro atoms. The summed E-state index contributed by atoms with van der Waals surface area (Å²) < 4.78 is 0.431. The standard InChI is InChI=1S/C12H17N3O/c1-10(14-15(2,3)4)13-12(16)11-8-6-5-7-9-11/h5-9H,1-4H3/p+1. The number of amides is 1. The molecule has 0 aliphatic carbocycles. The van der Waals surface area contributed by atoms with Gasteiger partial charge in [-0.1, -0.05) is 23.3 Å². The van der Waals surface area contributed by atoms with Crippen LogP contribution in [-0.4, -0.2) is 37.5 Å². The molecule has 0 saturated carbocycles. The zero-order valence-electron chi connectivity index (χ0n) is 10.2. The number of amidine groups is 1. The number of benzene rings is 1. The minimum absolute atomic E-state index is 0.129. The first-order chi connectivity index (χ1) is 7.38. The van der Waals surface area contributed by atoms with Gasteiger partial charge in [-0.05, 0) is 19.1 Å².